The van der Waals surface area contributed by atoms with Crippen LogP contribution in [-0.2, 0) is 0 Å². The highest BCUT2D eigenvalue weighted by Crippen LogP contribution is 2.35. The summed E-state index contributed by atoms with van der Waals surface area (Å²) in [6, 6.07) is 14.1. The van der Waals surface area contributed by atoms with Crippen molar-refractivity contribution in [2.75, 3.05) is 18.4 Å². The number of hydrogen-bond acceptors (Lipinski definition) is 4. The van der Waals surface area contributed by atoms with Crippen LogP contribution in [0.5, 0.6) is 0 Å². The number of nitrogens with zero attached hydrogens (tertiary/aromatic N) is 2. The first-order valence-electron chi connectivity index (χ1n) is 9.23. The minimum atomic E-state index is 0.553. The summed E-state index contributed by atoms with van der Waals surface area (Å²) in [5, 5.41) is 7.29. The van der Waals surface area contributed by atoms with E-state index in [1.807, 2.05) is 6.20 Å². The number of aromatic nitrogens is 1. The molecule has 4 heteroatoms. The largest absolute Gasteiger partial charge is 0.379 e. The van der Waals surface area contributed by atoms with E-state index in [1.54, 1.807) is 11.3 Å². The Kier molecular flexibility index (Phi) is 3.75. The zero-order chi connectivity index (χ0) is 16.8. The van der Waals surface area contributed by atoms with Crippen LogP contribution in [0.3, 0.4) is 0 Å². The highest BCUT2D eigenvalue weighted by Gasteiger charge is 2.39. The van der Waals surface area contributed by atoms with Gasteiger partial charge in [0.2, 0.25) is 0 Å². The molecule has 1 N–H and O–H groups in total. The molecule has 3 aliphatic rings. The number of pyridine rings is 1. The fourth-order valence-electron chi connectivity index (χ4n) is 4.55. The molecule has 5 heterocycles. The molecule has 2 atom stereocenters. The van der Waals surface area contributed by atoms with Crippen LogP contribution in [0.1, 0.15) is 19.8 Å². The molecule has 3 saturated heterocycles. The molecule has 0 amide bonds. The lowest BCUT2D eigenvalue weighted by Crippen LogP contribution is -2.59. The van der Waals surface area contributed by atoms with Crippen LogP contribution in [0, 0.1) is 5.92 Å². The Morgan fingerprint density at radius 3 is 2.72 bits per heavy atom. The third kappa shape index (κ3) is 2.64. The molecule has 6 rings (SSSR count). The summed E-state index contributed by atoms with van der Waals surface area (Å²) in [4.78, 5) is 7.38. The van der Waals surface area contributed by atoms with Crippen molar-refractivity contribution in [3.8, 4) is 11.3 Å². The topological polar surface area (TPSA) is 28.2 Å². The monoisotopic (exact) mass is 349 g/mol. The third-order valence-corrected chi connectivity index (χ3v) is 6.99. The Morgan fingerprint density at radius 1 is 1.12 bits per heavy atom. The minimum Gasteiger partial charge on any atom is -0.379 e. The highest BCUT2D eigenvalue weighted by atomic mass is 32.1. The van der Waals surface area contributed by atoms with E-state index in [0.717, 1.165) is 17.3 Å². The van der Waals surface area contributed by atoms with Gasteiger partial charge in [0.05, 0.1) is 17.6 Å². The zero-order valence-corrected chi connectivity index (χ0v) is 15.3. The first-order valence-corrected chi connectivity index (χ1v) is 10.1. The second-order valence-corrected chi connectivity index (χ2v) is 8.27. The molecule has 2 bridgehead atoms. The van der Waals surface area contributed by atoms with Crippen LogP contribution in [-0.4, -0.2) is 35.1 Å². The van der Waals surface area contributed by atoms with Gasteiger partial charge in [0.1, 0.15) is 0 Å². The van der Waals surface area contributed by atoms with E-state index in [0.29, 0.717) is 12.1 Å². The Bertz CT molecular complexity index is 876. The third-order valence-electron chi connectivity index (χ3n) is 6.03. The van der Waals surface area contributed by atoms with Gasteiger partial charge in [-0.3, -0.25) is 9.88 Å². The summed E-state index contributed by atoms with van der Waals surface area (Å²) >= 11 is 1.79. The molecular formula is C21H23N3S. The normalized spacial score (nSPS) is 28.4. The van der Waals surface area contributed by atoms with Crippen molar-refractivity contribution >= 4 is 27.1 Å². The van der Waals surface area contributed by atoms with Crippen molar-refractivity contribution < 1.29 is 0 Å². The summed E-state index contributed by atoms with van der Waals surface area (Å²) in [6.07, 6.45) is 4.66. The van der Waals surface area contributed by atoms with Gasteiger partial charge in [-0.2, -0.15) is 0 Å². The lowest BCUT2D eigenvalue weighted by molar-refractivity contribution is 0.0458. The second kappa shape index (κ2) is 6.11. The fraction of sp³-hybridized carbons (Fsp3) is 0.381. The zero-order valence-electron chi connectivity index (χ0n) is 14.5. The average molecular weight is 350 g/mol. The molecule has 2 aromatic heterocycles. The molecule has 0 radical (unpaired) electrons. The number of hydrogen-bond donors (Lipinski definition) is 1. The molecule has 0 saturated carbocycles. The van der Waals surface area contributed by atoms with Gasteiger partial charge in [-0.05, 0) is 57.0 Å². The van der Waals surface area contributed by atoms with Crippen molar-refractivity contribution in [1.82, 2.24) is 9.88 Å². The Balaban J connectivity index is 1.39. The predicted molar refractivity (Wildman–Crippen MR) is 106 cm³/mol. The van der Waals surface area contributed by atoms with Crippen LogP contribution in [0.2, 0.25) is 0 Å². The van der Waals surface area contributed by atoms with E-state index in [-0.39, 0.29) is 0 Å². The highest BCUT2D eigenvalue weighted by molar-refractivity contribution is 7.17. The maximum Gasteiger partial charge on any atom is 0.0718 e. The van der Waals surface area contributed by atoms with Gasteiger partial charge in [-0.15, -0.1) is 11.3 Å². The summed E-state index contributed by atoms with van der Waals surface area (Å²) in [5.74, 6) is 0.806. The van der Waals surface area contributed by atoms with E-state index in [9.17, 15) is 0 Å². The van der Waals surface area contributed by atoms with Crippen LogP contribution in [0.25, 0.3) is 21.3 Å². The maximum absolute atomic E-state index is 4.75. The summed E-state index contributed by atoms with van der Waals surface area (Å²) in [7, 11) is 0. The Morgan fingerprint density at radius 2 is 1.96 bits per heavy atom. The minimum absolute atomic E-state index is 0.553. The molecule has 128 valence electrons. The summed E-state index contributed by atoms with van der Waals surface area (Å²) < 4.78 is 1.32. The number of anilines is 1. The average Bonchev–Trinajstić information content (AvgIpc) is 3.10. The van der Waals surface area contributed by atoms with Gasteiger partial charge in [0.25, 0.3) is 0 Å². The Labute approximate surface area is 152 Å². The van der Waals surface area contributed by atoms with Gasteiger partial charge in [0, 0.05) is 33.1 Å². The predicted octanol–water partition coefficient (Wildman–Crippen LogP) is 4.86. The van der Waals surface area contributed by atoms with Gasteiger partial charge >= 0.3 is 0 Å². The molecular weight excluding hydrogens is 326 g/mol. The molecule has 1 aromatic carbocycles. The van der Waals surface area contributed by atoms with Gasteiger partial charge in [0.15, 0.2) is 0 Å². The molecule has 2 unspecified atom stereocenters. The Hall–Kier alpha value is -1.91. The summed E-state index contributed by atoms with van der Waals surface area (Å²) in [6.45, 7) is 4.90. The second-order valence-electron chi connectivity index (χ2n) is 7.36. The number of benzene rings is 1. The van der Waals surface area contributed by atoms with Gasteiger partial charge < -0.3 is 5.32 Å². The van der Waals surface area contributed by atoms with Crippen molar-refractivity contribution in [3.05, 3.63) is 48.0 Å². The van der Waals surface area contributed by atoms with Crippen LogP contribution < -0.4 is 5.32 Å². The van der Waals surface area contributed by atoms with Gasteiger partial charge in [-0.1, -0.05) is 18.2 Å². The fourth-order valence-corrected chi connectivity index (χ4v) is 5.51. The van der Waals surface area contributed by atoms with Crippen LogP contribution in [0.15, 0.2) is 48.0 Å². The van der Waals surface area contributed by atoms with Crippen molar-refractivity contribution in [2.24, 2.45) is 5.92 Å². The maximum atomic E-state index is 4.75. The SMILES string of the molecule is CC1C(Nc2ccc(-c3csc4ccccc34)nc2)C2CCN1CC2. The molecule has 0 spiro atoms. The van der Waals surface area contributed by atoms with Crippen molar-refractivity contribution in [3.63, 3.8) is 0 Å². The standard InChI is InChI=1S/C21H23N3S/c1-14-21(15-8-10-24(14)11-9-15)23-16-6-7-19(22-12-16)18-13-25-20-5-3-2-4-17(18)20/h2-7,12-15,21,23H,8-11H2,1H3. The van der Waals surface area contributed by atoms with Crippen molar-refractivity contribution in [1.29, 1.82) is 0 Å². The lowest BCUT2D eigenvalue weighted by Gasteiger charge is -2.50. The van der Waals surface area contributed by atoms with E-state index in [4.69, 9.17) is 4.98 Å². The number of rotatable bonds is 3. The smallest absolute Gasteiger partial charge is 0.0718 e. The van der Waals surface area contributed by atoms with E-state index in [1.165, 1.54) is 41.6 Å². The first-order chi connectivity index (χ1) is 12.3. The van der Waals surface area contributed by atoms with E-state index in [2.05, 4.69) is 58.9 Å². The van der Waals surface area contributed by atoms with Crippen LogP contribution >= 0.6 is 11.3 Å². The van der Waals surface area contributed by atoms with Crippen molar-refractivity contribution in [2.45, 2.75) is 31.8 Å². The van der Waals surface area contributed by atoms with Crippen LogP contribution in [0.4, 0.5) is 5.69 Å². The van der Waals surface area contributed by atoms with E-state index >= 15 is 0 Å². The summed E-state index contributed by atoms with van der Waals surface area (Å²) in [5.41, 5.74) is 3.45. The molecule has 3 aromatic rings. The number of fused-ring (bicyclic) bond motifs is 4. The number of piperidine rings is 3. The molecule has 3 aliphatic heterocycles. The molecule has 25 heavy (non-hydrogen) atoms. The number of nitrogens with one attached hydrogen (secondary N) is 1. The quantitative estimate of drug-likeness (QED) is 0.732. The first kappa shape index (κ1) is 15.4. The van der Waals surface area contributed by atoms with Gasteiger partial charge in [-0.25, -0.2) is 0 Å². The molecule has 3 fully saturated rings. The number of thiophene rings is 1. The molecule has 0 aliphatic carbocycles. The lowest BCUT2D eigenvalue weighted by atomic mass is 9.79. The molecule has 3 nitrogen and oxygen atoms in total. The van der Waals surface area contributed by atoms with E-state index < -0.39 is 0 Å².